The molecule has 2 atom stereocenters. The summed E-state index contributed by atoms with van der Waals surface area (Å²) in [7, 11) is -6.73. The van der Waals surface area contributed by atoms with E-state index in [-0.39, 0.29) is 49.3 Å². The van der Waals surface area contributed by atoms with Crippen molar-refractivity contribution in [2.75, 3.05) is 37.7 Å². The number of nitrogens with zero attached hydrogens (tertiary/aromatic N) is 1. The van der Waals surface area contributed by atoms with Crippen LogP contribution in [0, 0.1) is 0 Å². The smallest absolute Gasteiger partial charge is 0.410 e. The molecule has 196 valence electrons. The highest BCUT2D eigenvalue weighted by atomic mass is 35.5. The first-order valence-corrected chi connectivity index (χ1v) is 14.5. The molecule has 4 aliphatic heterocycles. The number of rotatable bonds is 0. The molecule has 3 amide bonds. The number of amides is 3. The molecule has 2 unspecified atom stereocenters. The van der Waals surface area contributed by atoms with Crippen LogP contribution in [-0.2, 0) is 34.0 Å². The third-order valence-electron chi connectivity index (χ3n) is 6.62. The fraction of sp³-hybridized carbons (Fsp3) is 0.850. The van der Waals surface area contributed by atoms with Crippen molar-refractivity contribution in [1.29, 1.82) is 0 Å². The Hall–Kier alpha value is -1.60. The molecule has 0 saturated carbocycles. The zero-order valence-corrected chi connectivity index (χ0v) is 22.2. The number of hydrogen-bond donors (Lipinski definition) is 2. The third kappa shape index (κ3) is 5.15. The van der Waals surface area contributed by atoms with E-state index in [1.165, 1.54) is 4.90 Å². The molecule has 14 heteroatoms. The number of carbonyl (C=O) groups excluding carboxylic acids is 3. The molecule has 0 radical (unpaired) electrons. The second-order valence-corrected chi connectivity index (χ2v) is 14.8. The predicted molar refractivity (Wildman–Crippen MR) is 127 cm³/mol. The monoisotopic (exact) mass is 543 g/mol. The van der Waals surface area contributed by atoms with Crippen molar-refractivity contribution in [3.63, 3.8) is 0 Å². The second kappa shape index (κ2) is 9.81. The van der Waals surface area contributed by atoms with Crippen LogP contribution < -0.4 is 10.6 Å². The Morgan fingerprint density at radius 1 is 0.882 bits per heavy atom. The summed E-state index contributed by atoms with van der Waals surface area (Å²) in [5.74, 6) is -0.807. The lowest BCUT2D eigenvalue weighted by molar-refractivity contribution is -0.122. The van der Waals surface area contributed by atoms with Gasteiger partial charge in [-0.25, -0.2) is 21.6 Å². The molecule has 4 fully saturated rings. The summed E-state index contributed by atoms with van der Waals surface area (Å²) in [4.78, 5) is 36.8. The molecule has 11 nitrogen and oxygen atoms in total. The Kier molecular flexibility index (Phi) is 8.26. The van der Waals surface area contributed by atoms with Crippen LogP contribution in [0.5, 0.6) is 0 Å². The fourth-order valence-electron chi connectivity index (χ4n) is 4.74. The molecule has 4 saturated heterocycles. The number of ether oxygens (including phenoxy) is 1. The summed E-state index contributed by atoms with van der Waals surface area (Å²) in [6.45, 7) is 5.98. The van der Waals surface area contributed by atoms with Crippen molar-refractivity contribution in [2.24, 2.45) is 0 Å². The van der Waals surface area contributed by atoms with Crippen molar-refractivity contribution in [2.45, 2.75) is 68.0 Å². The number of halogens is 1. The van der Waals surface area contributed by atoms with Gasteiger partial charge >= 0.3 is 6.09 Å². The molecular formula is C20H34ClN3O8S2. The summed E-state index contributed by atoms with van der Waals surface area (Å²) >= 11 is 0. The van der Waals surface area contributed by atoms with E-state index in [0.717, 1.165) is 6.42 Å². The SMILES string of the molecule is CC(C)(C)OC(=O)N1CCS(=O)(=O)C2(CCNC2=O)C1.Cl.O=C1NCCC12CCCCS2(=O)=O. The normalized spacial score (nSPS) is 31.7. The van der Waals surface area contributed by atoms with Crippen LogP contribution in [0.15, 0.2) is 0 Å². The van der Waals surface area contributed by atoms with E-state index in [1.54, 1.807) is 20.8 Å². The Morgan fingerprint density at radius 3 is 1.88 bits per heavy atom. The van der Waals surface area contributed by atoms with Gasteiger partial charge in [-0.1, -0.05) is 6.42 Å². The molecule has 2 N–H and O–H groups in total. The maximum absolute atomic E-state index is 12.2. The van der Waals surface area contributed by atoms with Crippen LogP contribution >= 0.6 is 12.4 Å². The molecule has 4 aliphatic rings. The summed E-state index contributed by atoms with van der Waals surface area (Å²) in [6, 6.07) is 0. The molecule has 0 aromatic heterocycles. The summed E-state index contributed by atoms with van der Waals surface area (Å²) in [5.41, 5.74) is -0.654. The molecule has 0 aromatic carbocycles. The number of nitrogens with one attached hydrogen (secondary N) is 2. The molecule has 4 heterocycles. The zero-order chi connectivity index (χ0) is 24.7. The van der Waals surface area contributed by atoms with Crippen molar-refractivity contribution in [3.8, 4) is 0 Å². The van der Waals surface area contributed by atoms with E-state index >= 15 is 0 Å². The molecule has 34 heavy (non-hydrogen) atoms. The minimum absolute atomic E-state index is 0. The van der Waals surface area contributed by atoms with Crippen LogP contribution in [0.2, 0.25) is 0 Å². The molecule has 0 aromatic rings. The van der Waals surface area contributed by atoms with Gasteiger partial charge in [-0.15, -0.1) is 12.4 Å². The fourth-order valence-corrected chi connectivity index (χ4v) is 8.90. The maximum Gasteiger partial charge on any atom is 0.410 e. The van der Waals surface area contributed by atoms with E-state index in [0.29, 0.717) is 32.4 Å². The van der Waals surface area contributed by atoms with Gasteiger partial charge in [0.15, 0.2) is 29.2 Å². The molecule has 2 spiro atoms. The largest absolute Gasteiger partial charge is 0.444 e. The zero-order valence-electron chi connectivity index (χ0n) is 19.7. The third-order valence-corrected chi connectivity index (χ3v) is 11.7. The van der Waals surface area contributed by atoms with Crippen molar-refractivity contribution >= 4 is 50.0 Å². The molecule has 4 rings (SSSR count). The number of carbonyl (C=O) groups is 3. The number of hydrogen-bond acceptors (Lipinski definition) is 8. The Labute approximate surface area is 207 Å². The molecule has 0 bridgehead atoms. The first-order valence-electron chi connectivity index (χ1n) is 11.2. The molecular weight excluding hydrogens is 510 g/mol. The topological polar surface area (TPSA) is 156 Å². The highest BCUT2D eigenvalue weighted by Gasteiger charge is 2.57. The highest BCUT2D eigenvalue weighted by molar-refractivity contribution is 7.94. The quantitative estimate of drug-likeness (QED) is 0.438. The van der Waals surface area contributed by atoms with Crippen LogP contribution in [0.1, 0.15) is 52.9 Å². The minimum Gasteiger partial charge on any atom is -0.444 e. The van der Waals surface area contributed by atoms with Crippen LogP contribution in [-0.4, -0.2) is 92.4 Å². The van der Waals surface area contributed by atoms with Crippen molar-refractivity contribution in [1.82, 2.24) is 15.5 Å². The van der Waals surface area contributed by atoms with E-state index < -0.39 is 46.8 Å². The second-order valence-electron chi connectivity index (χ2n) is 10.00. The Bertz CT molecular complexity index is 1040. The average molecular weight is 544 g/mol. The van der Waals surface area contributed by atoms with Gasteiger partial charge in [0.2, 0.25) is 11.8 Å². The van der Waals surface area contributed by atoms with Gasteiger partial charge in [0.25, 0.3) is 0 Å². The highest BCUT2D eigenvalue weighted by Crippen LogP contribution is 2.36. The lowest BCUT2D eigenvalue weighted by atomic mass is 9.99. The lowest BCUT2D eigenvalue weighted by Crippen LogP contribution is -2.61. The van der Waals surface area contributed by atoms with E-state index in [4.69, 9.17) is 4.74 Å². The van der Waals surface area contributed by atoms with Gasteiger partial charge in [0.05, 0.1) is 18.1 Å². The van der Waals surface area contributed by atoms with Gasteiger partial charge in [0.1, 0.15) is 5.60 Å². The van der Waals surface area contributed by atoms with E-state index in [1.807, 2.05) is 0 Å². The standard InChI is InChI=1S/C12H20N2O5S.C8H13NO3S.ClH/c1-11(2,3)19-10(16)14-6-7-20(17,18)12(8-14)4-5-13-9(12)15;10-7-8(4-5-9-7)3-1-2-6-13(8,11)12;/h4-8H2,1-3H3,(H,13,15);1-6H2,(H,9,10);1H. The molecule has 0 aliphatic carbocycles. The average Bonchev–Trinajstić information content (AvgIpc) is 3.24. The van der Waals surface area contributed by atoms with Gasteiger partial charge in [-0.05, 0) is 46.5 Å². The Morgan fingerprint density at radius 2 is 1.41 bits per heavy atom. The Balaban J connectivity index is 0.000000253. The van der Waals surface area contributed by atoms with Crippen LogP contribution in [0.4, 0.5) is 4.79 Å². The minimum atomic E-state index is -3.54. The van der Waals surface area contributed by atoms with E-state index in [2.05, 4.69) is 10.6 Å². The summed E-state index contributed by atoms with van der Waals surface area (Å²) < 4.78 is 50.7. The summed E-state index contributed by atoms with van der Waals surface area (Å²) in [6.07, 6.45) is 2.17. The van der Waals surface area contributed by atoms with Crippen molar-refractivity contribution < 1.29 is 36.0 Å². The first-order chi connectivity index (χ1) is 15.2. The first kappa shape index (κ1) is 28.6. The van der Waals surface area contributed by atoms with Gasteiger partial charge < -0.3 is 20.3 Å². The van der Waals surface area contributed by atoms with Crippen LogP contribution in [0.3, 0.4) is 0 Å². The predicted octanol–water partition coefficient (Wildman–Crippen LogP) is 0.176. The maximum atomic E-state index is 12.2. The van der Waals surface area contributed by atoms with Gasteiger partial charge in [-0.2, -0.15) is 0 Å². The van der Waals surface area contributed by atoms with Gasteiger partial charge in [0, 0.05) is 19.6 Å². The number of sulfone groups is 2. The summed E-state index contributed by atoms with van der Waals surface area (Å²) in [5, 5.41) is 5.16. The van der Waals surface area contributed by atoms with Crippen LogP contribution in [0.25, 0.3) is 0 Å². The van der Waals surface area contributed by atoms with Crippen molar-refractivity contribution in [3.05, 3.63) is 0 Å². The van der Waals surface area contributed by atoms with E-state index in [9.17, 15) is 31.2 Å². The van der Waals surface area contributed by atoms with Gasteiger partial charge in [-0.3, -0.25) is 9.59 Å². The lowest BCUT2D eigenvalue weighted by Gasteiger charge is -2.38.